The van der Waals surface area contributed by atoms with Crippen LogP contribution in [0.1, 0.15) is 18.4 Å². The van der Waals surface area contributed by atoms with Crippen molar-refractivity contribution in [2.24, 2.45) is 5.73 Å². The number of hydrogen-bond acceptors (Lipinski definition) is 2. The molecule has 0 bridgehead atoms. The van der Waals surface area contributed by atoms with Crippen molar-refractivity contribution in [3.63, 3.8) is 0 Å². The third kappa shape index (κ3) is 1.47. The summed E-state index contributed by atoms with van der Waals surface area (Å²) in [5.41, 5.74) is 5.90. The first-order valence-electron chi connectivity index (χ1n) is 4.39. The second-order valence-electron chi connectivity index (χ2n) is 3.62. The Morgan fingerprint density at radius 3 is 2.64 bits per heavy atom. The Balaban J connectivity index is 2.50. The maximum atomic E-state index is 13.5. The molecule has 1 aliphatic rings. The molecule has 2 N–H and O–H groups in total. The van der Waals surface area contributed by atoms with E-state index in [-0.39, 0.29) is 10.8 Å². The lowest BCUT2D eigenvalue weighted by molar-refractivity contribution is 0.412. The zero-order valence-electron chi connectivity index (χ0n) is 7.81. The average Bonchev–Trinajstić information content (AvgIpc) is 2.85. The first kappa shape index (κ1) is 9.74. The molecule has 14 heavy (non-hydrogen) atoms. The first-order valence-corrected chi connectivity index (χ1v) is 4.77. The van der Waals surface area contributed by atoms with Crippen LogP contribution in [0.3, 0.4) is 0 Å². The summed E-state index contributed by atoms with van der Waals surface area (Å²) in [5, 5.41) is 0.276. The fourth-order valence-corrected chi connectivity index (χ4v) is 1.70. The molecule has 1 saturated carbocycles. The highest BCUT2D eigenvalue weighted by Crippen LogP contribution is 2.45. The Hall–Kier alpha value is -0.800. The van der Waals surface area contributed by atoms with Crippen molar-refractivity contribution >= 4 is 11.6 Å². The van der Waals surface area contributed by atoms with E-state index in [0.29, 0.717) is 11.3 Å². The van der Waals surface area contributed by atoms with E-state index in [4.69, 9.17) is 22.1 Å². The van der Waals surface area contributed by atoms with Crippen molar-refractivity contribution in [1.29, 1.82) is 0 Å². The van der Waals surface area contributed by atoms with Gasteiger partial charge in [0.15, 0.2) is 0 Å². The van der Waals surface area contributed by atoms with Crippen molar-refractivity contribution in [3.05, 3.63) is 28.5 Å². The van der Waals surface area contributed by atoms with E-state index < -0.39 is 5.54 Å². The summed E-state index contributed by atoms with van der Waals surface area (Å²) in [7, 11) is 1.50. The maximum absolute atomic E-state index is 13.5. The van der Waals surface area contributed by atoms with Gasteiger partial charge in [-0.25, -0.2) is 4.39 Å². The largest absolute Gasteiger partial charge is 0.495 e. The van der Waals surface area contributed by atoms with Crippen LogP contribution in [0.5, 0.6) is 5.75 Å². The zero-order valence-corrected chi connectivity index (χ0v) is 8.57. The highest BCUT2D eigenvalue weighted by molar-refractivity contribution is 6.32. The van der Waals surface area contributed by atoms with Crippen LogP contribution < -0.4 is 10.5 Å². The van der Waals surface area contributed by atoms with Crippen molar-refractivity contribution in [3.8, 4) is 5.75 Å². The second kappa shape index (κ2) is 3.11. The van der Waals surface area contributed by atoms with Crippen molar-refractivity contribution in [2.75, 3.05) is 7.11 Å². The van der Waals surface area contributed by atoms with Gasteiger partial charge < -0.3 is 10.5 Å². The second-order valence-corrected chi connectivity index (χ2v) is 4.03. The van der Waals surface area contributed by atoms with Crippen molar-refractivity contribution in [1.82, 2.24) is 0 Å². The molecule has 1 aromatic rings. The Morgan fingerprint density at radius 1 is 1.50 bits per heavy atom. The van der Waals surface area contributed by atoms with E-state index in [2.05, 4.69) is 0 Å². The molecule has 4 heteroatoms. The Labute approximate surface area is 86.8 Å². The predicted molar refractivity (Wildman–Crippen MR) is 53.1 cm³/mol. The van der Waals surface area contributed by atoms with Gasteiger partial charge in [-0.1, -0.05) is 11.6 Å². The summed E-state index contributed by atoms with van der Waals surface area (Å²) >= 11 is 5.77. The van der Waals surface area contributed by atoms with Gasteiger partial charge in [0.1, 0.15) is 11.6 Å². The molecule has 0 heterocycles. The quantitative estimate of drug-likeness (QED) is 0.823. The van der Waals surface area contributed by atoms with Gasteiger partial charge in [0.2, 0.25) is 0 Å². The molecule has 0 spiro atoms. The number of halogens is 2. The van der Waals surface area contributed by atoms with E-state index in [1.54, 1.807) is 6.07 Å². The monoisotopic (exact) mass is 215 g/mol. The van der Waals surface area contributed by atoms with Crippen LogP contribution in [0.4, 0.5) is 4.39 Å². The minimum atomic E-state index is -0.498. The van der Waals surface area contributed by atoms with Gasteiger partial charge in [-0.15, -0.1) is 0 Å². The molecule has 0 atom stereocenters. The maximum Gasteiger partial charge on any atom is 0.138 e. The van der Waals surface area contributed by atoms with Gasteiger partial charge >= 0.3 is 0 Å². The van der Waals surface area contributed by atoms with Crippen LogP contribution in [-0.2, 0) is 5.54 Å². The van der Waals surface area contributed by atoms with E-state index in [9.17, 15) is 4.39 Å². The SMILES string of the molecule is COc1cc(C2(N)CC2)c(F)cc1Cl. The number of ether oxygens (including phenoxy) is 1. The minimum absolute atomic E-state index is 0.276. The molecule has 1 fully saturated rings. The van der Waals surface area contributed by atoms with Crippen molar-refractivity contribution in [2.45, 2.75) is 18.4 Å². The average molecular weight is 216 g/mol. The van der Waals surface area contributed by atoms with Crippen LogP contribution >= 0.6 is 11.6 Å². The van der Waals surface area contributed by atoms with Gasteiger partial charge in [0.25, 0.3) is 0 Å². The highest BCUT2D eigenvalue weighted by Gasteiger charge is 2.42. The van der Waals surface area contributed by atoms with Crippen LogP contribution in [0.2, 0.25) is 5.02 Å². The molecular formula is C10H11ClFNO. The van der Waals surface area contributed by atoms with E-state index in [1.807, 2.05) is 0 Å². The summed E-state index contributed by atoms with van der Waals surface area (Å²) in [4.78, 5) is 0. The van der Waals surface area contributed by atoms with Gasteiger partial charge in [-0.2, -0.15) is 0 Å². The van der Waals surface area contributed by atoms with Gasteiger partial charge in [0.05, 0.1) is 12.1 Å². The topological polar surface area (TPSA) is 35.2 Å². The van der Waals surface area contributed by atoms with Gasteiger partial charge in [-0.05, 0) is 25.0 Å². The molecular weight excluding hydrogens is 205 g/mol. The number of benzene rings is 1. The molecule has 0 unspecified atom stereocenters. The fourth-order valence-electron chi connectivity index (χ4n) is 1.47. The molecule has 2 rings (SSSR count). The molecule has 76 valence electrons. The smallest absolute Gasteiger partial charge is 0.138 e. The minimum Gasteiger partial charge on any atom is -0.495 e. The lowest BCUT2D eigenvalue weighted by Gasteiger charge is -2.13. The molecule has 0 saturated heterocycles. The van der Waals surface area contributed by atoms with Gasteiger partial charge in [0, 0.05) is 11.1 Å². The molecule has 0 amide bonds. The molecule has 0 aliphatic heterocycles. The van der Waals surface area contributed by atoms with Crippen LogP contribution in [0, 0.1) is 5.82 Å². The lowest BCUT2D eigenvalue weighted by atomic mass is 10.0. The number of hydrogen-bond donors (Lipinski definition) is 1. The molecule has 0 radical (unpaired) electrons. The normalized spacial score (nSPS) is 18.0. The summed E-state index contributed by atoms with van der Waals surface area (Å²) in [6, 6.07) is 2.84. The predicted octanol–water partition coefficient (Wildman–Crippen LogP) is 2.44. The lowest BCUT2D eigenvalue weighted by Crippen LogP contribution is -2.20. The summed E-state index contributed by atoms with van der Waals surface area (Å²) in [6.45, 7) is 0. The van der Waals surface area contributed by atoms with Gasteiger partial charge in [-0.3, -0.25) is 0 Å². The van der Waals surface area contributed by atoms with Crippen LogP contribution in [0.15, 0.2) is 12.1 Å². The molecule has 0 aromatic heterocycles. The molecule has 1 aliphatic carbocycles. The van der Waals surface area contributed by atoms with E-state index >= 15 is 0 Å². The number of nitrogens with two attached hydrogens (primary N) is 1. The highest BCUT2D eigenvalue weighted by atomic mass is 35.5. The number of rotatable bonds is 2. The third-order valence-electron chi connectivity index (χ3n) is 2.57. The third-order valence-corrected chi connectivity index (χ3v) is 2.86. The molecule has 1 aromatic carbocycles. The Bertz CT molecular complexity index is 377. The Morgan fingerprint density at radius 2 is 2.14 bits per heavy atom. The molecule has 2 nitrogen and oxygen atoms in total. The standard InChI is InChI=1S/C10H11ClFNO/c1-14-9-4-6(10(13)2-3-10)8(12)5-7(9)11/h4-5H,2-3,13H2,1H3. The first-order chi connectivity index (χ1) is 6.57. The van der Waals surface area contributed by atoms with Crippen LogP contribution in [0.25, 0.3) is 0 Å². The van der Waals surface area contributed by atoms with E-state index in [1.165, 1.54) is 13.2 Å². The summed E-state index contributed by atoms with van der Waals surface area (Å²) < 4.78 is 18.5. The van der Waals surface area contributed by atoms with Crippen molar-refractivity contribution < 1.29 is 9.13 Å². The number of methoxy groups -OCH3 is 1. The van der Waals surface area contributed by atoms with Crippen LogP contribution in [-0.4, -0.2) is 7.11 Å². The summed E-state index contributed by atoms with van der Waals surface area (Å²) in [6.07, 6.45) is 1.63. The zero-order chi connectivity index (χ0) is 10.3. The van der Waals surface area contributed by atoms with E-state index in [0.717, 1.165) is 12.8 Å². The summed E-state index contributed by atoms with van der Waals surface area (Å²) in [5.74, 6) is 0.121. The Kier molecular flexibility index (Phi) is 2.16. The fraction of sp³-hybridized carbons (Fsp3) is 0.400.